The lowest BCUT2D eigenvalue weighted by Crippen LogP contribution is -2.39. The number of para-hydroxylation sites is 1. The lowest BCUT2D eigenvalue weighted by Gasteiger charge is -2.30. The van der Waals surface area contributed by atoms with Crippen molar-refractivity contribution in [3.8, 4) is 0 Å². The first-order chi connectivity index (χ1) is 13.3. The number of anilines is 1. The second kappa shape index (κ2) is 9.97. The molecule has 1 aliphatic rings. The number of benzene rings is 2. The Kier molecular flexibility index (Phi) is 7.11. The zero-order valence-electron chi connectivity index (χ0n) is 16.3. The maximum atomic E-state index is 5.49. The summed E-state index contributed by atoms with van der Waals surface area (Å²) in [6, 6.07) is 19.2. The Morgan fingerprint density at radius 3 is 2.52 bits per heavy atom. The number of guanidine groups is 1. The number of nitrogens with zero attached hydrogens (tertiary/aromatic N) is 2. The van der Waals surface area contributed by atoms with E-state index in [1.165, 1.54) is 16.8 Å². The average Bonchev–Trinajstić information content (AvgIpc) is 2.73. The highest BCUT2D eigenvalue weighted by molar-refractivity contribution is 5.80. The highest BCUT2D eigenvalue weighted by atomic mass is 16.5. The van der Waals surface area contributed by atoms with Crippen molar-refractivity contribution in [2.75, 3.05) is 37.7 Å². The van der Waals surface area contributed by atoms with Gasteiger partial charge in [-0.3, -0.25) is 0 Å². The molecule has 2 aromatic rings. The first-order valence-corrected chi connectivity index (χ1v) is 9.78. The van der Waals surface area contributed by atoms with E-state index in [9.17, 15) is 0 Å². The van der Waals surface area contributed by atoms with Gasteiger partial charge in [-0.25, -0.2) is 4.99 Å². The maximum absolute atomic E-state index is 5.49. The largest absolute Gasteiger partial charge is 0.378 e. The Morgan fingerprint density at radius 1 is 1.07 bits per heavy atom. The summed E-state index contributed by atoms with van der Waals surface area (Å²) in [5.74, 6) is 0.839. The van der Waals surface area contributed by atoms with E-state index >= 15 is 0 Å². The summed E-state index contributed by atoms with van der Waals surface area (Å²) in [7, 11) is 0. The number of ether oxygens (including phenoxy) is 1. The van der Waals surface area contributed by atoms with Gasteiger partial charge in [-0.15, -0.1) is 0 Å². The van der Waals surface area contributed by atoms with Crippen molar-refractivity contribution in [3.63, 3.8) is 0 Å². The number of hydrogen-bond acceptors (Lipinski definition) is 3. The van der Waals surface area contributed by atoms with Crippen molar-refractivity contribution in [2.24, 2.45) is 4.99 Å². The minimum atomic E-state index is 0.193. The summed E-state index contributed by atoms with van der Waals surface area (Å²) in [6.07, 6.45) is 0. The molecular weight excluding hydrogens is 336 g/mol. The smallest absolute Gasteiger partial charge is 0.192 e. The molecule has 1 unspecified atom stereocenters. The van der Waals surface area contributed by atoms with E-state index in [0.717, 1.165) is 38.8 Å². The van der Waals surface area contributed by atoms with Gasteiger partial charge in [-0.2, -0.15) is 0 Å². The van der Waals surface area contributed by atoms with Gasteiger partial charge in [0.05, 0.1) is 25.8 Å². The molecule has 0 aromatic heterocycles. The summed E-state index contributed by atoms with van der Waals surface area (Å²) in [5.41, 5.74) is 3.75. The molecule has 144 valence electrons. The van der Waals surface area contributed by atoms with Crippen LogP contribution in [0.3, 0.4) is 0 Å². The molecule has 0 radical (unpaired) electrons. The number of aliphatic imine (C=N–C) groups is 1. The Hall–Kier alpha value is -2.53. The van der Waals surface area contributed by atoms with E-state index in [4.69, 9.17) is 9.73 Å². The van der Waals surface area contributed by atoms with Crippen LogP contribution in [0.1, 0.15) is 31.0 Å². The Labute approximate surface area is 162 Å². The van der Waals surface area contributed by atoms with Crippen LogP contribution >= 0.6 is 0 Å². The Morgan fingerprint density at radius 2 is 1.78 bits per heavy atom. The molecule has 0 spiro atoms. The Bertz CT molecular complexity index is 726. The van der Waals surface area contributed by atoms with Crippen molar-refractivity contribution < 1.29 is 4.74 Å². The third-order valence-corrected chi connectivity index (χ3v) is 4.75. The lowest BCUT2D eigenvalue weighted by atomic mass is 10.1. The minimum Gasteiger partial charge on any atom is -0.378 e. The summed E-state index contributed by atoms with van der Waals surface area (Å²) < 4.78 is 5.49. The molecule has 1 atom stereocenters. The molecule has 0 amide bonds. The van der Waals surface area contributed by atoms with Crippen molar-refractivity contribution >= 4 is 11.6 Å². The molecule has 3 rings (SSSR count). The molecule has 2 N–H and O–H groups in total. The highest BCUT2D eigenvalue weighted by Crippen LogP contribution is 2.22. The van der Waals surface area contributed by atoms with Crippen LogP contribution in [0.25, 0.3) is 0 Å². The highest BCUT2D eigenvalue weighted by Gasteiger charge is 2.14. The summed E-state index contributed by atoms with van der Waals surface area (Å²) >= 11 is 0. The van der Waals surface area contributed by atoms with E-state index in [1.54, 1.807) is 0 Å². The predicted molar refractivity (Wildman–Crippen MR) is 112 cm³/mol. The first-order valence-electron chi connectivity index (χ1n) is 9.78. The van der Waals surface area contributed by atoms with Crippen LogP contribution in [0, 0.1) is 0 Å². The van der Waals surface area contributed by atoms with Gasteiger partial charge in [-0.1, -0.05) is 48.5 Å². The molecule has 5 nitrogen and oxygen atoms in total. The SMILES string of the molecule is CCNC(=NCc1ccccc1N1CCOCC1)NC(C)c1ccccc1. The van der Waals surface area contributed by atoms with Gasteiger partial charge in [0, 0.05) is 25.3 Å². The molecule has 0 aliphatic carbocycles. The Balaban J connectivity index is 1.71. The van der Waals surface area contributed by atoms with Crippen molar-refractivity contribution in [1.29, 1.82) is 0 Å². The van der Waals surface area contributed by atoms with E-state index in [-0.39, 0.29) is 6.04 Å². The fraction of sp³-hybridized carbons (Fsp3) is 0.409. The molecule has 1 aliphatic heterocycles. The quantitative estimate of drug-likeness (QED) is 0.608. The average molecular weight is 367 g/mol. The van der Waals surface area contributed by atoms with Crippen LogP contribution in [-0.4, -0.2) is 38.8 Å². The van der Waals surface area contributed by atoms with E-state index in [2.05, 4.69) is 77.9 Å². The van der Waals surface area contributed by atoms with Crippen LogP contribution in [0.2, 0.25) is 0 Å². The summed E-state index contributed by atoms with van der Waals surface area (Å²) in [5, 5.41) is 6.87. The van der Waals surface area contributed by atoms with Crippen molar-refractivity contribution in [1.82, 2.24) is 10.6 Å². The zero-order valence-corrected chi connectivity index (χ0v) is 16.3. The fourth-order valence-corrected chi connectivity index (χ4v) is 3.27. The number of hydrogen-bond donors (Lipinski definition) is 2. The van der Waals surface area contributed by atoms with Crippen LogP contribution < -0.4 is 15.5 Å². The van der Waals surface area contributed by atoms with Crippen LogP contribution in [0.4, 0.5) is 5.69 Å². The van der Waals surface area contributed by atoms with Gasteiger partial charge in [0.2, 0.25) is 0 Å². The van der Waals surface area contributed by atoms with Crippen LogP contribution in [0.5, 0.6) is 0 Å². The standard InChI is InChI=1S/C22H30N4O/c1-3-23-22(25-18(2)19-9-5-4-6-10-19)24-17-20-11-7-8-12-21(20)26-13-15-27-16-14-26/h4-12,18H,3,13-17H2,1-2H3,(H2,23,24,25). The third kappa shape index (κ3) is 5.47. The van der Waals surface area contributed by atoms with Crippen LogP contribution in [-0.2, 0) is 11.3 Å². The molecule has 1 fully saturated rings. The lowest BCUT2D eigenvalue weighted by molar-refractivity contribution is 0.122. The molecular formula is C22H30N4O. The number of rotatable bonds is 6. The second-order valence-electron chi connectivity index (χ2n) is 6.70. The molecule has 1 heterocycles. The third-order valence-electron chi connectivity index (χ3n) is 4.75. The molecule has 0 bridgehead atoms. The number of nitrogens with one attached hydrogen (secondary N) is 2. The van der Waals surface area contributed by atoms with E-state index in [1.807, 2.05) is 6.07 Å². The molecule has 2 aromatic carbocycles. The topological polar surface area (TPSA) is 48.9 Å². The molecule has 0 saturated carbocycles. The molecule has 1 saturated heterocycles. The van der Waals surface area contributed by atoms with Gasteiger partial charge >= 0.3 is 0 Å². The normalized spacial score (nSPS) is 16.1. The second-order valence-corrected chi connectivity index (χ2v) is 6.70. The van der Waals surface area contributed by atoms with E-state index < -0.39 is 0 Å². The van der Waals surface area contributed by atoms with Crippen LogP contribution in [0.15, 0.2) is 59.6 Å². The van der Waals surface area contributed by atoms with Gasteiger partial charge in [0.15, 0.2) is 5.96 Å². The number of morpholine rings is 1. The predicted octanol–water partition coefficient (Wildman–Crippen LogP) is 3.34. The summed E-state index contributed by atoms with van der Waals surface area (Å²) in [6.45, 7) is 9.17. The molecule has 27 heavy (non-hydrogen) atoms. The summed E-state index contributed by atoms with van der Waals surface area (Å²) in [4.78, 5) is 7.23. The first kappa shape index (κ1) is 19.2. The maximum Gasteiger partial charge on any atom is 0.192 e. The van der Waals surface area contributed by atoms with Gasteiger partial charge in [0.25, 0.3) is 0 Å². The minimum absolute atomic E-state index is 0.193. The zero-order chi connectivity index (χ0) is 18.9. The fourth-order valence-electron chi connectivity index (χ4n) is 3.27. The van der Waals surface area contributed by atoms with Crippen molar-refractivity contribution in [2.45, 2.75) is 26.4 Å². The molecule has 5 heteroatoms. The van der Waals surface area contributed by atoms with Crippen molar-refractivity contribution in [3.05, 3.63) is 65.7 Å². The van der Waals surface area contributed by atoms with Gasteiger partial charge in [0.1, 0.15) is 0 Å². The van der Waals surface area contributed by atoms with Gasteiger partial charge in [-0.05, 0) is 31.0 Å². The van der Waals surface area contributed by atoms with Gasteiger partial charge < -0.3 is 20.3 Å². The monoisotopic (exact) mass is 366 g/mol. The van der Waals surface area contributed by atoms with E-state index in [0.29, 0.717) is 6.54 Å².